The molecule has 0 aliphatic carbocycles. The number of likely N-dealkylation sites (N-methyl/N-ethyl adjacent to an activating group) is 1. The lowest BCUT2D eigenvalue weighted by atomic mass is 10.1. The van der Waals surface area contributed by atoms with Gasteiger partial charge in [0.1, 0.15) is 5.69 Å². The van der Waals surface area contributed by atoms with E-state index in [0.29, 0.717) is 30.0 Å². The van der Waals surface area contributed by atoms with E-state index in [1.807, 2.05) is 7.05 Å². The van der Waals surface area contributed by atoms with E-state index in [0.717, 1.165) is 25.3 Å². The number of hydrogen-bond donors (Lipinski definition) is 3. The Kier molecular flexibility index (Phi) is 9.40. The largest absolute Gasteiger partial charge is 0.392 e. The lowest BCUT2D eigenvalue weighted by Gasteiger charge is -2.32. The number of halogens is 1. The first-order valence-corrected chi connectivity index (χ1v) is 9.70. The summed E-state index contributed by atoms with van der Waals surface area (Å²) in [4.78, 5) is 22.1. The highest BCUT2D eigenvalue weighted by Crippen LogP contribution is 2.26. The van der Waals surface area contributed by atoms with E-state index < -0.39 is 21.4 Å². The fraction of sp³-hybridized carbons (Fsp3) is 0.400. The van der Waals surface area contributed by atoms with Crippen LogP contribution < -0.4 is 5.32 Å². The van der Waals surface area contributed by atoms with Gasteiger partial charge in [-0.1, -0.05) is 12.1 Å². The van der Waals surface area contributed by atoms with E-state index in [4.69, 9.17) is 14.9 Å². The SMILES string of the molecule is CN1CCOCC1CNc1ccc(CO)cc1[N+](=O)[O-].O=[N+]([O-])c1cc(CO)ccc1F. The van der Waals surface area contributed by atoms with Crippen molar-refractivity contribution < 1.29 is 29.2 Å². The van der Waals surface area contributed by atoms with E-state index in [-0.39, 0.29) is 24.9 Å². The second-order valence-corrected chi connectivity index (χ2v) is 7.06. The molecule has 1 aliphatic heterocycles. The fourth-order valence-corrected chi connectivity index (χ4v) is 2.95. The third kappa shape index (κ3) is 6.92. The minimum atomic E-state index is -0.891. The Hall–Kier alpha value is -3.19. The second kappa shape index (κ2) is 12.0. The molecule has 0 saturated carbocycles. The molecule has 1 aliphatic rings. The zero-order valence-electron chi connectivity index (χ0n) is 17.4. The van der Waals surface area contributed by atoms with Crippen molar-refractivity contribution in [3.8, 4) is 0 Å². The van der Waals surface area contributed by atoms with Gasteiger partial charge in [0.05, 0.1) is 42.3 Å². The quantitative estimate of drug-likeness (QED) is 0.423. The van der Waals surface area contributed by atoms with Crippen LogP contribution in [0.4, 0.5) is 21.5 Å². The summed E-state index contributed by atoms with van der Waals surface area (Å²) in [6.45, 7) is 2.24. The molecule has 1 atom stereocenters. The molecule has 3 rings (SSSR count). The smallest absolute Gasteiger partial charge is 0.305 e. The average molecular weight is 452 g/mol. The highest BCUT2D eigenvalue weighted by molar-refractivity contribution is 5.62. The highest BCUT2D eigenvalue weighted by Gasteiger charge is 2.21. The van der Waals surface area contributed by atoms with Crippen LogP contribution in [0.5, 0.6) is 0 Å². The van der Waals surface area contributed by atoms with Crippen molar-refractivity contribution in [3.63, 3.8) is 0 Å². The van der Waals surface area contributed by atoms with Crippen LogP contribution in [-0.2, 0) is 18.0 Å². The molecule has 1 fully saturated rings. The normalized spacial score (nSPS) is 16.1. The number of anilines is 1. The Bertz CT molecular complexity index is 944. The van der Waals surface area contributed by atoms with Crippen LogP contribution in [0.2, 0.25) is 0 Å². The lowest BCUT2D eigenvalue weighted by molar-refractivity contribution is -0.387. The maximum absolute atomic E-state index is 12.6. The van der Waals surface area contributed by atoms with Gasteiger partial charge in [-0.3, -0.25) is 25.1 Å². The molecule has 3 N–H and O–H groups in total. The van der Waals surface area contributed by atoms with Gasteiger partial charge in [-0.05, 0) is 30.3 Å². The number of aliphatic hydroxyl groups excluding tert-OH is 2. The molecular weight excluding hydrogens is 427 g/mol. The van der Waals surface area contributed by atoms with E-state index in [1.165, 1.54) is 12.1 Å². The van der Waals surface area contributed by atoms with Gasteiger partial charge >= 0.3 is 5.69 Å². The number of aliphatic hydroxyl groups is 2. The number of morpholine rings is 1. The first-order chi connectivity index (χ1) is 15.3. The number of nitrogens with zero attached hydrogens (tertiary/aromatic N) is 3. The number of hydrogen-bond acceptors (Lipinski definition) is 9. The van der Waals surface area contributed by atoms with Gasteiger partial charge in [-0.15, -0.1) is 0 Å². The molecule has 0 radical (unpaired) electrons. The highest BCUT2D eigenvalue weighted by atomic mass is 19.1. The average Bonchev–Trinajstić information content (AvgIpc) is 2.79. The first kappa shape index (κ1) is 25.1. The molecular formula is C20H25FN4O7. The van der Waals surface area contributed by atoms with Gasteiger partial charge in [0.25, 0.3) is 5.69 Å². The molecule has 12 heteroatoms. The molecule has 0 spiro atoms. The standard InChI is InChI=1S/C13H19N3O4.C7H6FNO3/c1-15-4-5-20-9-11(15)7-14-12-3-2-10(8-17)6-13(12)16(18)19;8-6-2-1-5(4-10)3-7(6)9(11)12/h2-3,6,11,14,17H,4-5,7-9H2,1H3;1-3,10H,4H2. The van der Waals surface area contributed by atoms with E-state index in [1.54, 1.807) is 12.1 Å². The van der Waals surface area contributed by atoms with Crippen molar-refractivity contribution in [3.05, 3.63) is 73.6 Å². The lowest BCUT2D eigenvalue weighted by Crippen LogP contribution is -2.46. The van der Waals surface area contributed by atoms with E-state index in [2.05, 4.69) is 10.2 Å². The van der Waals surface area contributed by atoms with Gasteiger partial charge in [0.2, 0.25) is 5.82 Å². The minimum Gasteiger partial charge on any atom is -0.392 e. The van der Waals surface area contributed by atoms with E-state index in [9.17, 15) is 24.6 Å². The van der Waals surface area contributed by atoms with Crippen LogP contribution in [0, 0.1) is 26.0 Å². The number of ether oxygens (including phenoxy) is 1. The molecule has 1 saturated heterocycles. The summed E-state index contributed by atoms with van der Waals surface area (Å²) in [5, 5.41) is 42.0. The Morgan fingerprint density at radius 2 is 1.69 bits per heavy atom. The molecule has 0 bridgehead atoms. The molecule has 0 amide bonds. The van der Waals surface area contributed by atoms with Gasteiger partial charge in [0, 0.05) is 25.2 Å². The summed E-state index contributed by atoms with van der Waals surface area (Å²) in [5.41, 5.74) is 0.687. The van der Waals surface area contributed by atoms with Crippen LogP contribution in [0.1, 0.15) is 11.1 Å². The Balaban J connectivity index is 0.000000258. The van der Waals surface area contributed by atoms with E-state index >= 15 is 0 Å². The molecule has 1 unspecified atom stereocenters. The van der Waals surface area contributed by atoms with Crippen molar-refractivity contribution in [2.24, 2.45) is 0 Å². The minimum absolute atomic E-state index is 0.0177. The summed E-state index contributed by atoms with van der Waals surface area (Å²) in [6.07, 6.45) is 0. The van der Waals surface area contributed by atoms with Crippen LogP contribution in [0.3, 0.4) is 0 Å². The van der Waals surface area contributed by atoms with Crippen molar-refractivity contribution in [1.29, 1.82) is 0 Å². The van der Waals surface area contributed by atoms with Crippen LogP contribution in [0.25, 0.3) is 0 Å². The Morgan fingerprint density at radius 1 is 1.09 bits per heavy atom. The first-order valence-electron chi connectivity index (χ1n) is 9.70. The zero-order valence-corrected chi connectivity index (χ0v) is 17.4. The number of nitrogens with one attached hydrogen (secondary N) is 1. The summed E-state index contributed by atoms with van der Waals surface area (Å²) in [5.74, 6) is -0.891. The number of nitro groups is 2. The zero-order chi connectivity index (χ0) is 23.7. The predicted octanol–water partition coefficient (Wildman–Crippen LogP) is 2.06. The van der Waals surface area contributed by atoms with Crippen LogP contribution in [-0.4, -0.2) is 64.4 Å². The maximum Gasteiger partial charge on any atom is 0.305 e. The number of nitro benzene ring substituents is 2. The fourth-order valence-electron chi connectivity index (χ4n) is 2.95. The third-order valence-corrected chi connectivity index (χ3v) is 4.88. The molecule has 32 heavy (non-hydrogen) atoms. The van der Waals surface area contributed by atoms with Gasteiger partial charge in [0.15, 0.2) is 0 Å². The Morgan fingerprint density at radius 3 is 2.25 bits per heavy atom. The van der Waals surface area contributed by atoms with Crippen molar-refractivity contribution in [2.45, 2.75) is 19.3 Å². The van der Waals surface area contributed by atoms with Gasteiger partial charge < -0.3 is 20.3 Å². The molecule has 1 heterocycles. The van der Waals surface area contributed by atoms with Gasteiger partial charge in [-0.25, -0.2) is 0 Å². The third-order valence-electron chi connectivity index (χ3n) is 4.88. The Labute approximate surface area is 183 Å². The molecule has 174 valence electrons. The monoisotopic (exact) mass is 452 g/mol. The van der Waals surface area contributed by atoms with Crippen molar-refractivity contribution in [2.75, 3.05) is 38.7 Å². The molecule has 0 aromatic heterocycles. The predicted molar refractivity (Wildman–Crippen MR) is 114 cm³/mol. The summed E-state index contributed by atoms with van der Waals surface area (Å²) < 4.78 is 18.0. The summed E-state index contributed by atoms with van der Waals surface area (Å²) in [7, 11) is 2.01. The number of rotatable bonds is 7. The summed E-state index contributed by atoms with van der Waals surface area (Å²) >= 11 is 0. The molecule has 2 aromatic rings. The van der Waals surface area contributed by atoms with Gasteiger partial charge in [-0.2, -0.15) is 4.39 Å². The number of benzene rings is 2. The van der Waals surface area contributed by atoms with Crippen LogP contribution >= 0.6 is 0 Å². The topological polar surface area (TPSA) is 151 Å². The molecule has 2 aromatic carbocycles. The van der Waals surface area contributed by atoms with Crippen molar-refractivity contribution in [1.82, 2.24) is 4.90 Å². The van der Waals surface area contributed by atoms with Crippen molar-refractivity contribution >= 4 is 17.1 Å². The van der Waals surface area contributed by atoms with Crippen LogP contribution in [0.15, 0.2) is 36.4 Å². The second-order valence-electron chi connectivity index (χ2n) is 7.06. The maximum atomic E-state index is 12.6. The summed E-state index contributed by atoms with van der Waals surface area (Å²) in [6, 6.07) is 8.16. The molecule has 11 nitrogen and oxygen atoms in total.